The number of carbonyl (C=O) groups excluding carboxylic acids is 2. The van der Waals surface area contributed by atoms with E-state index in [4.69, 9.17) is 11.5 Å². The minimum atomic E-state index is -0.649. The van der Waals surface area contributed by atoms with Gasteiger partial charge in [-0.1, -0.05) is 0 Å². The number of aryl methyl sites for hydroxylation is 1. The SMILES string of the molecule is Cn1cc(C(N)=O)c(C(N)=O)c1. The number of aromatic nitrogens is 1. The Morgan fingerprint density at radius 2 is 1.50 bits per heavy atom. The van der Waals surface area contributed by atoms with Crippen molar-refractivity contribution in [3.05, 3.63) is 23.5 Å². The molecular formula is C7H9N3O2. The summed E-state index contributed by atoms with van der Waals surface area (Å²) in [6, 6.07) is 0. The number of hydrogen-bond acceptors (Lipinski definition) is 2. The van der Waals surface area contributed by atoms with Crippen LogP contribution < -0.4 is 11.5 Å². The van der Waals surface area contributed by atoms with Gasteiger partial charge in [0, 0.05) is 19.4 Å². The Labute approximate surface area is 68.9 Å². The molecule has 64 valence electrons. The van der Waals surface area contributed by atoms with Gasteiger partial charge < -0.3 is 16.0 Å². The first-order valence-electron chi connectivity index (χ1n) is 3.28. The second kappa shape index (κ2) is 2.69. The molecular weight excluding hydrogens is 158 g/mol. The van der Waals surface area contributed by atoms with Crippen molar-refractivity contribution in [2.24, 2.45) is 18.5 Å². The topological polar surface area (TPSA) is 91.1 Å². The number of primary amides is 2. The van der Waals surface area contributed by atoms with Gasteiger partial charge in [-0.15, -0.1) is 0 Å². The lowest BCUT2D eigenvalue weighted by Gasteiger charge is -1.91. The molecule has 0 unspecified atom stereocenters. The lowest BCUT2D eigenvalue weighted by atomic mass is 10.2. The lowest BCUT2D eigenvalue weighted by Crippen LogP contribution is -2.18. The first kappa shape index (κ1) is 8.32. The van der Waals surface area contributed by atoms with E-state index in [1.165, 1.54) is 12.4 Å². The molecule has 12 heavy (non-hydrogen) atoms. The van der Waals surface area contributed by atoms with Gasteiger partial charge >= 0.3 is 0 Å². The third-order valence-electron chi connectivity index (χ3n) is 1.49. The minimum absolute atomic E-state index is 0.157. The van der Waals surface area contributed by atoms with Gasteiger partial charge in [0.1, 0.15) is 0 Å². The van der Waals surface area contributed by atoms with Crippen molar-refractivity contribution in [2.75, 3.05) is 0 Å². The first-order chi connectivity index (χ1) is 5.52. The highest BCUT2D eigenvalue weighted by Gasteiger charge is 2.14. The van der Waals surface area contributed by atoms with E-state index < -0.39 is 11.8 Å². The zero-order chi connectivity index (χ0) is 9.30. The molecule has 0 bridgehead atoms. The second-order valence-corrected chi connectivity index (χ2v) is 2.48. The zero-order valence-electron chi connectivity index (χ0n) is 6.57. The number of carbonyl (C=O) groups is 2. The van der Waals surface area contributed by atoms with Crippen molar-refractivity contribution in [1.82, 2.24) is 4.57 Å². The second-order valence-electron chi connectivity index (χ2n) is 2.48. The van der Waals surface area contributed by atoms with Gasteiger partial charge in [-0.25, -0.2) is 0 Å². The number of amides is 2. The van der Waals surface area contributed by atoms with Crippen LogP contribution in [0.25, 0.3) is 0 Å². The molecule has 0 atom stereocenters. The van der Waals surface area contributed by atoms with Crippen LogP contribution in [0.1, 0.15) is 20.7 Å². The molecule has 0 radical (unpaired) electrons. The molecule has 0 aliphatic rings. The summed E-state index contributed by atoms with van der Waals surface area (Å²) in [7, 11) is 1.68. The normalized spacial score (nSPS) is 9.75. The number of nitrogens with two attached hydrogens (primary N) is 2. The summed E-state index contributed by atoms with van der Waals surface area (Å²) in [5.74, 6) is -1.30. The van der Waals surface area contributed by atoms with Crippen molar-refractivity contribution < 1.29 is 9.59 Å². The third kappa shape index (κ3) is 1.29. The van der Waals surface area contributed by atoms with E-state index in [0.29, 0.717) is 0 Å². The summed E-state index contributed by atoms with van der Waals surface area (Å²) in [6.07, 6.45) is 2.92. The summed E-state index contributed by atoms with van der Waals surface area (Å²) in [5, 5.41) is 0. The maximum Gasteiger partial charge on any atom is 0.251 e. The Kier molecular flexibility index (Phi) is 1.86. The van der Waals surface area contributed by atoms with Crippen LogP contribution in [0.2, 0.25) is 0 Å². The molecule has 1 heterocycles. The van der Waals surface area contributed by atoms with E-state index in [2.05, 4.69) is 0 Å². The van der Waals surface area contributed by atoms with Gasteiger partial charge in [-0.3, -0.25) is 9.59 Å². The molecule has 0 fully saturated rings. The standard InChI is InChI=1S/C7H9N3O2/c1-10-2-4(6(8)11)5(3-10)7(9)12/h2-3H,1H3,(H2,8,11)(H2,9,12). The van der Waals surface area contributed by atoms with Crippen LogP contribution >= 0.6 is 0 Å². The molecule has 5 nitrogen and oxygen atoms in total. The van der Waals surface area contributed by atoms with Crippen molar-refractivity contribution in [3.8, 4) is 0 Å². The maximum atomic E-state index is 10.7. The summed E-state index contributed by atoms with van der Waals surface area (Å²) in [6.45, 7) is 0. The molecule has 4 N–H and O–H groups in total. The number of nitrogens with zero attached hydrogens (tertiary/aromatic N) is 1. The highest BCUT2D eigenvalue weighted by molar-refractivity contribution is 6.06. The van der Waals surface area contributed by atoms with Crippen molar-refractivity contribution >= 4 is 11.8 Å². The Hall–Kier alpha value is -1.78. The van der Waals surface area contributed by atoms with Crippen LogP contribution in [0.15, 0.2) is 12.4 Å². The summed E-state index contributed by atoms with van der Waals surface area (Å²) in [5.41, 5.74) is 10.3. The van der Waals surface area contributed by atoms with E-state index in [-0.39, 0.29) is 11.1 Å². The predicted octanol–water partition coefficient (Wildman–Crippen LogP) is -0.777. The number of hydrogen-bond donors (Lipinski definition) is 2. The maximum absolute atomic E-state index is 10.7. The Morgan fingerprint density at radius 3 is 1.75 bits per heavy atom. The highest BCUT2D eigenvalue weighted by atomic mass is 16.2. The molecule has 1 rings (SSSR count). The van der Waals surface area contributed by atoms with Crippen molar-refractivity contribution in [2.45, 2.75) is 0 Å². The van der Waals surface area contributed by atoms with Crippen LogP contribution in [0.3, 0.4) is 0 Å². The summed E-state index contributed by atoms with van der Waals surface area (Å²) < 4.78 is 1.56. The molecule has 0 saturated carbocycles. The van der Waals surface area contributed by atoms with Crippen molar-refractivity contribution in [1.29, 1.82) is 0 Å². The molecule has 0 spiro atoms. The molecule has 2 amide bonds. The minimum Gasteiger partial charge on any atom is -0.366 e. The van der Waals surface area contributed by atoms with Crippen LogP contribution in [-0.4, -0.2) is 16.4 Å². The fourth-order valence-corrected chi connectivity index (χ4v) is 0.976. The van der Waals surface area contributed by atoms with E-state index in [1.54, 1.807) is 11.6 Å². The van der Waals surface area contributed by atoms with E-state index in [0.717, 1.165) is 0 Å². The smallest absolute Gasteiger partial charge is 0.251 e. The van der Waals surface area contributed by atoms with E-state index in [1.807, 2.05) is 0 Å². The van der Waals surface area contributed by atoms with Gasteiger partial charge in [-0.05, 0) is 0 Å². The fraction of sp³-hybridized carbons (Fsp3) is 0.143. The van der Waals surface area contributed by atoms with Crippen LogP contribution in [0.4, 0.5) is 0 Å². The van der Waals surface area contributed by atoms with Crippen LogP contribution in [0.5, 0.6) is 0 Å². The van der Waals surface area contributed by atoms with Gasteiger partial charge in [-0.2, -0.15) is 0 Å². The predicted molar refractivity (Wildman–Crippen MR) is 42.4 cm³/mol. The molecule has 0 saturated heterocycles. The average Bonchev–Trinajstić information content (AvgIpc) is 2.31. The third-order valence-corrected chi connectivity index (χ3v) is 1.49. The molecule has 0 aliphatic carbocycles. The van der Waals surface area contributed by atoms with E-state index >= 15 is 0 Å². The van der Waals surface area contributed by atoms with E-state index in [9.17, 15) is 9.59 Å². The number of rotatable bonds is 2. The first-order valence-corrected chi connectivity index (χ1v) is 3.28. The largest absolute Gasteiger partial charge is 0.366 e. The molecule has 1 aromatic heterocycles. The lowest BCUT2D eigenvalue weighted by molar-refractivity contribution is 0.0968. The van der Waals surface area contributed by atoms with Gasteiger partial charge in [0.25, 0.3) is 11.8 Å². The molecule has 5 heteroatoms. The zero-order valence-corrected chi connectivity index (χ0v) is 6.57. The monoisotopic (exact) mass is 167 g/mol. The average molecular weight is 167 g/mol. The molecule has 0 aromatic carbocycles. The Bertz CT molecular complexity index is 309. The summed E-state index contributed by atoms with van der Waals surface area (Å²) in [4.78, 5) is 21.5. The summed E-state index contributed by atoms with van der Waals surface area (Å²) >= 11 is 0. The van der Waals surface area contributed by atoms with Crippen LogP contribution in [0, 0.1) is 0 Å². The Balaban J connectivity index is 3.26. The van der Waals surface area contributed by atoms with Gasteiger partial charge in [0.15, 0.2) is 0 Å². The Morgan fingerprint density at radius 1 is 1.17 bits per heavy atom. The van der Waals surface area contributed by atoms with Crippen LogP contribution in [-0.2, 0) is 7.05 Å². The van der Waals surface area contributed by atoms with Gasteiger partial charge in [0.2, 0.25) is 0 Å². The molecule has 1 aromatic rings. The molecule has 0 aliphatic heterocycles. The quantitative estimate of drug-likeness (QED) is 0.605. The highest BCUT2D eigenvalue weighted by Crippen LogP contribution is 2.07. The fourth-order valence-electron chi connectivity index (χ4n) is 0.976. The van der Waals surface area contributed by atoms with Gasteiger partial charge in [0.05, 0.1) is 11.1 Å². The van der Waals surface area contributed by atoms with Crippen molar-refractivity contribution in [3.63, 3.8) is 0 Å².